The van der Waals surface area contributed by atoms with E-state index in [0.29, 0.717) is 6.54 Å². The number of rotatable bonds is 4. The lowest BCUT2D eigenvalue weighted by Crippen LogP contribution is -2.38. The van der Waals surface area contributed by atoms with Crippen LogP contribution in [0.5, 0.6) is 0 Å². The Morgan fingerprint density at radius 1 is 1.30 bits per heavy atom. The monoisotopic (exact) mass is 270 g/mol. The van der Waals surface area contributed by atoms with E-state index < -0.39 is 0 Å². The van der Waals surface area contributed by atoms with Crippen molar-refractivity contribution >= 4 is 0 Å². The molecule has 0 radical (unpaired) electrons. The summed E-state index contributed by atoms with van der Waals surface area (Å²) in [6.07, 6.45) is 6.66. The topological polar surface area (TPSA) is 29.3 Å². The lowest BCUT2D eigenvalue weighted by molar-refractivity contribution is 0.131. The minimum atomic E-state index is 0.427. The molecule has 1 aliphatic heterocycles. The number of nitrogens with zero attached hydrogens (tertiary/aromatic N) is 1. The van der Waals surface area contributed by atoms with E-state index in [9.17, 15) is 0 Å². The molecule has 108 valence electrons. The lowest BCUT2D eigenvalue weighted by Gasteiger charge is -2.36. The predicted molar refractivity (Wildman–Crippen MR) is 85.3 cm³/mol. The molecule has 2 N–H and O–H groups in total. The molecule has 1 aliphatic rings. The van der Waals surface area contributed by atoms with E-state index in [0.717, 1.165) is 18.2 Å². The molecule has 1 aromatic carbocycles. The van der Waals surface area contributed by atoms with Crippen LogP contribution in [0.4, 0.5) is 0 Å². The van der Waals surface area contributed by atoms with Crippen molar-refractivity contribution in [2.75, 3.05) is 13.1 Å². The SMILES string of the molecule is CCCC1CCCCN1Cc1ccccc1C#CCN. The van der Waals surface area contributed by atoms with Gasteiger partial charge in [0.1, 0.15) is 0 Å². The molecule has 1 unspecified atom stereocenters. The molecule has 20 heavy (non-hydrogen) atoms. The Hall–Kier alpha value is -1.30. The third-order valence-corrected chi connectivity index (χ3v) is 4.09. The molecule has 0 spiro atoms. The molecule has 2 nitrogen and oxygen atoms in total. The van der Waals surface area contributed by atoms with Crippen LogP contribution in [0.2, 0.25) is 0 Å². The first kappa shape index (κ1) is 15.1. The van der Waals surface area contributed by atoms with Gasteiger partial charge < -0.3 is 5.73 Å². The molecular formula is C18H26N2. The summed E-state index contributed by atoms with van der Waals surface area (Å²) in [4.78, 5) is 2.65. The molecule has 1 heterocycles. The van der Waals surface area contributed by atoms with Gasteiger partial charge in [-0.15, -0.1) is 0 Å². The Morgan fingerprint density at radius 3 is 2.95 bits per heavy atom. The zero-order valence-corrected chi connectivity index (χ0v) is 12.6. The number of hydrogen-bond donors (Lipinski definition) is 1. The highest BCUT2D eigenvalue weighted by Crippen LogP contribution is 2.23. The minimum absolute atomic E-state index is 0.427. The number of nitrogens with two attached hydrogens (primary N) is 1. The fourth-order valence-corrected chi connectivity index (χ4v) is 3.07. The fraction of sp³-hybridized carbons (Fsp3) is 0.556. The zero-order chi connectivity index (χ0) is 14.2. The number of hydrogen-bond acceptors (Lipinski definition) is 2. The fourth-order valence-electron chi connectivity index (χ4n) is 3.07. The Kier molecular flexibility index (Phi) is 6.11. The van der Waals surface area contributed by atoms with E-state index in [1.807, 2.05) is 0 Å². The van der Waals surface area contributed by atoms with Gasteiger partial charge in [0, 0.05) is 18.2 Å². The molecule has 2 heteroatoms. The quantitative estimate of drug-likeness (QED) is 0.852. The first-order valence-electron chi connectivity index (χ1n) is 7.86. The summed E-state index contributed by atoms with van der Waals surface area (Å²) in [6.45, 7) is 4.97. The van der Waals surface area contributed by atoms with Gasteiger partial charge in [0.15, 0.2) is 0 Å². The van der Waals surface area contributed by atoms with Crippen molar-refractivity contribution in [2.24, 2.45) is 5.73 Å². The highest BCUT2D eigenvalue weighted by Gasteiger charge is 2.21. The Morgan fingerprint density at radius 2 is 2.15 bits per heavy atom. The largest absolute Gasteiger partial charge is 0.320 e. The molecule has 0 aliphatic carbocycles. The molecule has 1 fully saturated rings. The van der Waals surface area contributed by atoms with Gasteiger partial charge in [-0.2, -0.15) is 0 Å². The number of likely N-dealkylation sites (tertiary alicyclic amines) is 1. The van der Waals surface area contributed by atoms with Gasteiger partial charge in [0.2, 0.25) is 0 Å². The van der Waals surface area contributed by atoms with Gasteiger partial charge in [0.25, 0.3) is 0 Å². The maximum Gasteiger partial charge on any atom is 0.0555 e. The molecule has 2 rings (SSSR count). The van der Waals surface area contributed by atoms with Crippen LogP contribution >= 0.6 is 0 Å². The van der Waals surface area contributed by atoms with E-state index in [-0.39, 0.29) is 0 Å². The average molecular weight is 270 g/mol. The molecule has 0 saturated carbocycles. The second-order valence-corrected chi connectivity index (χ2v) is 5.57. The zero-order valence-electron chi connectivity index (χ0n) is 12.6. The summed E-state index contributed by atoms with van der Waals surface area (Å²) in [5.74, 6) is 6.19. The summed E-state index contributed by atoms with van der Waals surface area (Å²) in [5.41, 5.74) is 7.97. The summed E-state index contributed by atoms with van der Waals surface area (Å²) >= 11 is 0. The summed E-state index contributed by atoms with van der Waals surface area (Å²) in [7, 11) is 0. The van der Waals surface area contributed by atoms with Crippen molar-refractivity contribution in [3.8, 4) is 11.8 Å². The third kappa shape index (κ3) is 4.10. The van der Waals surface area contributed by atoms with Gasteiger partial charge in [-0.25, -0.2) is 0 Å². The second-order valence-electron chi connectivity index (χ2n) is 5.57. The lowest BCUT2D eigenvalue weighted by atomic mass is 9.96. The van der Waals surface area contributed by atoms with Crippen molar-refractivity contribution in [3.05, 3.63) is 35.4 Å². The predicted octanol–water partition coefficient (Wildman–Crippen LogP) is 3.15. The Balaban J connectivity index is 2.11. The summed E-state index contributed by atoms with van der Waals surface area (Å²) < 4.78 is 0. The van der Waals surface area contributed by atoms with Crippen LogP contribution in [0, 0.1) is 11.8 Å². The van der Waals surface area contributed by atoms with Gasteiger partial charge in [0.05, 0.1) is 6.54 Å². The van der Waals surface area contributed by atoms with Crippen LogP contribution in [-0.4, -0.2) is 24.0 Å². The van der Waals surface area contributed by atoms with Crippen LogP contribution in [-0.2, 0) is 6.54 Å². The van der Waals surface area contributed by atoms with E-state index in [4.69, 9.17) is 5.73 Å². The first-order chi connectivity index (χ1) is 9.85. The second kappa shape index (κ2) is 8.09. The van der Waals surface area contributed by atoms with Crippen molar-refractivity contribution in [3.63, 3.8) is 0 Å². The minimum Gasteiger partial charge on any atom is -0.320 e. The van der Waals surface area contributed by atoms with Gasteiger partial charge >= 0.3 is 0 Å². The van der Waals surface area contributed by atoms with Crippen LogP contribution in [0.25, 0.3) is 0 Å². The summed E-state index contributed by atoms with van der Waals surface area (Å²) in [5, 5.41) is 0. The van der Waals surface area contributed by atoms with Crippen molar-refractivity contribution in [1.82, 2.24) is 4.90 Å². The molecule has 0 bridgehead atoms. The van der Waals surface area contributed by atoms with E-state index in [1.54, 1.807) is 0 Å². The summed E-state index contributed by atoms with van der Waals surface area (Å²) in [6, 6.07) is 9.24. The average Bonchev–Trinajstić information content (AvgIpc) is 2.49. The molecule has 1 aromatic rings. The maximum absolute atomic E-state index is 5.49. The van der Waals surface area contributed by atoms with Crippen LogP contribution in [0.15, 0.2) is 24.3 Å². The van der Waals surface area contributed by atoms with E-state index in [1.165, 1.54) is 44.2 Å². The molecular weight excluding hydrogens is 244 g/mol. The standard InChI is InChI=1S/C18H26N2/c1-2-8-18-12-5-6-14-20(18)15-17-10-4-3-9-16(17)11-7-13-19/h3-4,9-10,18H,2,5-6,8,12-15,19H2,1H3. The number of piperidine rings is 1. The maximum atomic E-state index is 5.49. The molecule has 0 aromatic heterocycles. The highest BCUT2D eigenvalue weighted by molar-refractivity contribution is 5.41. The molecule has 1 saturated heterocycles. The highest BCUT2D eigenvalue weighted by atomic mass is 15.2. The van der Waals surface area contributed by atoms with Crippen LogP contribution in [0.3, 0.4) is 0 Å². The Labute approximate surface area is 123 Å². The van der Waals surface area contributed by atoms with Crippen molar-refractivity contribution in [2.45, 2.75) is 51.6 Å². The van der Waals surface area contributed by atoms with Crippen molar-refractivity contribution < 1.29 is 0 Å². The normalized spacial score (nSPS) is 19.4. The van der Waals surface area contributed by atoms with Crippen LogP contribution < -0.4 is 5.73 Å². The van der Waals surface area contributed by atoms with Gasteiger partial charge in [-0.1, -0.05) is 49.8 Å². The van der Waals surface area contributed by atoms with Crippen molar-refractivity contribution in [1.29, 1.82) is 0 Å². The third-order valence-electron chi connectivity index (χ3n) is 4.09. The number of benzene rings is 1. The van der Waals surface area contributed by atoms with Crippen LogP contribution in [0.1, 0.15) is 50.2 Å². The smallest absolute Gasteiger partial charge is 0.0555 e. The van der Waals surface area contributed by atoms with Gasteiger partial charge in [-0.3, -0.25) is 4.90 Å². The van der Waals surface area contributed by atoms with E-state index >= 15 is 0 Å². The Bertz CT molecular complexity index is 468. The van der Waals surface area contributed by atoms with Gasteiger partial charge in [-0.05, 0) is 37.4 Å². The van der Waals surface area contributed by atoms with E-state index in [2.05, 4.69) is 47.9 Å². The first-order valence-corrected chi connectivity index (χ1v) is 7.86. The molecule has 1 atom stereocenters. The molecule has 0 amide bonds.